The van der Waals surface area contributed by atoms with E-state index in [0.29, 0.717) is 0 Å². The first-order valence-electron chi connectivity index (χ1n) is 5.17. The molecular formula is C10H12BrClN2O4S. The minimum absolute atomic E-state index is 0.137. The lowest BCUT2D eigenvalue weighted by molar-refractivity contribution is -0.141. The second kappa shape index (κ2) is 6.56. The van der Waals surface area contributed by atoms with Crippen molar-refractivity contribution in [1.82, 2.24) is 4.72 Å². The number of ether oxygens (including phenoxy) is 1. The number of carbonyl (C=O) groups excluding carboxylic acids is 1. The SMILES string of the molecule is CCOC(=O)CNS(=O)(=O)c1cc(Cl)cc(N)c1Br. The standard InChI is InChI=1S/C10H12BrClN2O4S/c1-2-18-9(15)5-14-19(16,17)8-4-6(12)3-7(13)10(8)11/h3-4,14H,2,5,13H2,1H3. The summed E-state index contributed by atoms with van der Waals surface area (Å²) >= 11 is 8.82. The Hall–Kier alpha value is -0.830. The molecule has 0 atom stereocenters. The predicted octanol–water partition coefficient (Wildman–Crippen LogP) is 1.53. The van der Waals surface area contributed by atoms with Crippen LogP contribution < -0.4 is 10.5 Å². The van der Waals surface area contributed by atoms with Crippen molar-refractivity contribution in [2.75, 3.05) is 18.9 Å². The number of halogens is 2. The molecule has 0 aliphatic carbocycles. The highest BCUT2D eigenvalue weighted by Gasteiger charge is 2.21. The van der Waals surface area contributed by atoms with Crippen LogP contribution in [0.15, 0.2) is 21.5 Å². The zero-order valence-corrected chi connectivity index (χ0v) is 13.1. The fourth-order valence-electron chi connectivity index (χ4n) is 1.22. The third-order valence-electron chi connectivity index (χ3n) is 2.03. The Bertz CT molecular complexity index is 591. The Morgan fingerprint density at radius 1 is 1.53 bits per heavy atom. The van der Waals surface area contributed by atoms with Gasteiger partial charge in [-0.1, -0.05) is 11.6 Å². The maximum atomic E-state index is 12.0. The van der Waals surface area contributed by atoms with Gasteiger partial charge in [0.25, 0.3) is 0 Å². The van der Waals surface area contributed by atoms with Crippen molar-refractivity contribution >= 4 is 49.2 Å². The predicted molar refractivity (Wildman–Crippen MR) is 75.4 cm³/mol. The molecule has 1 aromatic carbocycles. The number of nitrogens with one attached hydrogen (secondary N) is 1. The molecule has 0 bridgehead atoms. The first-order chi connectivity index (χ1) is 8.77. The normalized spacial score (nSPS) is 11.3. The minimum atomic E-state index is -3.91. The molecule has 1 rings (SSSR count). The zero-order valence-electron chi connectivity index (χ0n) is 9.94. The molecule has 6 nitrogen and oxygen atoms in total. The average molecular weight is 372 g/mol. The van der Waals surface area contributed by atoms with Crippen molar-refractivity contribution in [2.24, 2.45) is 0 Å². The van der Waals surface area contributed by atoms with Crippen molar-refractivity contribution in [3.05, 3.63) is 21.6 Å². The molecule has 0 spiro atoms. The van der Waals surface area contributed by atoms with E-state index in [0.717, 1.165) is 0 Å². The highest BCUT2D eigenvalue weighted by molar-refractivity contribution is 9.10. The summed E-state index contributed by atoms with van der Waals surface area (Å²) in [5.74, 6) is -0.669. The fourth-order valence-corrected chi connectivity index (χ4v) is 3.48. The Morgan fingerprint density at radius 3 is 2.74 bits per heavy atom. The van der Waals surface area contributed by atoms with Crippen LogP contribution in [0, 0.1) is 0 Å². The second-order valence-electron chi connectivity index (χ2n) is 3.44. The van der Waals surface area contributed by atoms with E-state index in [9.17, 15) is 13.2 Å². The van der Waals surface area contributed by atoms with Crippen molar-refractivity contribution in [2.45, 2.75) is 11.8 Å². The summed E-state index contributed by atoms with van der Waals surface area (Å²) in [6.07, 6.45) is 0. The smallest absolute Gasteiger partial charge is 0.321 e. The molecule has 0 unspecified atom stereocenters. The van der Waals surface area contributed by atoms with Crippen LogP contribution in [-0.4, -0.2) is 27.5 Å². The summed E-state index contributed by atoms with van der Waals surface area (Å²) in [4.78, 5) is 11.0. The average Bonchev–Trinajstić information content (AvgIpc) is 2.31. The van der Waals surface area contributed by atoms with Crippen LogP contribution in [0.1, 0.15) is 6.92 Å². The molecule has 0 amide bonds. The minimum Gasteiger partial charge on any atom is -0.465 e. The number of benzene rings is 1. The van der Waals surface area contributed by atoms with Crippen molar-refractivity contribution in [3.63, 3.8) is 0 Å². The van der Waals surface area contributed by atoms with Gasteiger partial charge in [0.05, 0.1) is 16.0 Å². The molecule has 0 fully saturated rings. The molecule has 0 aliphatic heterocycles. The van der Waals surface area contributed by atoms with E-state index >= 15 is 0 Å². The van der Waals surface area contributed by atoms with E-state index in [2.05, 4.69) is 25.4 Å². The lowest BCUT2D eigenvalue weighted by Gasteiger charge is -2.10. The highest BCUT2D eigenvalue weighted by atomic mass is 79.9. The summed E-state index contributed by atoms with van der Waals surface area (Å²) in [6.45, 7) is 1.34. The van der Waals surface area contributed by atoms with Gasteiger partial charge >= 0.3 is 5.97 Å². The Labute approximate surface area is 124 Å². The molecule has 19 heavy (non-hydrogen) atoms. The van der Waals surface area contributed by atoms with Gasteiger partial charge < -0.3 is 10.5 Å². The number of esters is 1. The molecule has 3 N–H and O–H groups in total. The van der Waals surface area contributed by atoms with Gasteiger partial charge in [-0.3, -0.25) is 4.79 Å². The van der Waals surface area contributed by atoms with Crippen LogP contribution >= 0.6 is 27.5 Å². The third-order valence-corrected chi connectivity index (χ3v) is 4.82. The molecule has 0 saturated heterocycles. The monoisotopic (exact) mass is 370 g/mol. The maximum Gasteiger partial charge on any atom is 0.321 e. The first kappa shape index (κ1) is 16.2. The van der Waals surface area contributed by atoms with Gasteiger partial charge in [-0.15, -0.1) is 0 Å². The van der Waals surface area contributed by atoms with Gasteiger partial charge in [-0.2, -0.15) is 4.72 Å². The quantitative estimate of drug-likeness (QED) is 0.604. The summed E-state index contributed by atoms with van der Waals surface area (Å²) < 4.78 is 30.9. The van der Waals surface area contributed by atoms with Crippen molar-refractivity contribution < 1.29 is 17.9 Å². The Kier molecular flexibility index (Phi) is 5.60. The molecule has 0 aromatic heterocycles. The number of anilines is 1. The van der Waals surface area contributed by atoms with Crippen LogP contribution in [0.3, 0.4) is 0 Å². The largest absolute Gasteiger partial charge is 0.465 e. The molecule has 106 valence electrons. The molecule has 9 heteroatoms. The van der Waals surface area contributed by atoms with E-state index in [4.69, 9.17) is 17.3 Å². The van der Waals surface area contributed by atoms with Gasteiger partial charge in [-0.05, 0) is 35.0 Å². The number of nitrogens with two attached hydrogens (primary N) is 1. The second-order valence-corrected chi connectivity index (χ2v) is 6.40. The van der Waals surface area contributed by atoms with E-state index in [1.807, 2.05) is 0 Å². The number of hydrogen-bond donors (Lipinski definition) is 2. The molecule has 1 aromatic rings. The third kappa shape index (κ3) is 4.34. The van der Waals surface area contributed by atoms with Gasteiger partial charge in [0.15, 0.2) is 0 Å². The Balaban J connectivity index is 2.98. The number of carbonyl (C=O) groups is 1. The van der Waals surface area contributed by atoms with Crippen LogP contribution in [0.25, 0.3) is 0 Å². The summed E-state index contributed by atoms with van der Waals surface area (Å²) in [5.41, 5.74) is 5.79. The molecule has 0 saturated carbocycles. The van der Waals surface area contributed by atoms with Crippen LogP contribution in [0.2, 0.25) is 5.02 Å². The van der Waals surface area contributed by atoms with E-state index in [1.54, 1.807) is 6.92 Å². The van der Waals surface area contributed by atoms with E-state index in [1.165, 1.54) is 12.1 Å². The topological polar surface area (TPSA) is 98.5 Å². The zero-order chi connectivity index (χ0) is 14.6. The summed E-state index contributed by atoms with van der Waals surface area (Å²) in [6, 6.07) is 2.64. The molecule has 0 heterocycles. The van der Waals surface area contributed by atoms with Gasteiger partial charge in [0.1, 0.15) is 6.54 Å². The molecule has 0 radical (unpaired) electrons. The van der Waals surface area contributed by atoms with E-state index in [-0.39, 0.29) is 26.7 Å². The van der Waals surface area contributed by atoms with Crippen LogP contribution in [0.5, 0.6) is 0 Å². The fraction of sp³-hybridized carbons (Fsp3) is 0.300. The van der Waals surface area contributed by atoms with Crippen molar-refractivity contribution in [3.8, 4) is 0 Å². The van der Waals surface area contributed by atoms with E-state index < -0.39 is 22.5 Å². The number of sulfonamides is 1. The number of hydrogen-bond acceptors (Lipinski definition) is 5. The lowest BCUT2D eigenvalue weighted by Crippen LogP contribution is -2.31. The first-order valence-corrected chi connectivity index (χ1v) is 7.83. The number of rotatable bonds is 5. The summed E-state index contributed by atoms with van der Waals surface area (Å²) in [7, 11) is -3.91. The maximum absolute atomic E-state index is 12.0. The van der Waals surface area contributed by atoms with Gasteiger partial charge in [-0.25, -0.2) is 8.42 Å². The summed E-state index contributed by atoms with van der Waals surface area (Å²) in [5, 5.41) is 0.178. The molecular weight excluding hydrogens is 360 g/mol. The van der Waals surface area contributed by atoms with Crippen LogP contribution in [-0.2, 0) is 19.6 Å². The number of nitrogen functional groups attached to an aromatic ring is 1. The highest BCUT2D eigenvalue weighted by Crippen LogP contribution is 2.31. The lowest BCUT2D eigenvalue weighted by atomic mass is 10.3. The van der Waals surface area contributed by atoms with Crippen molar-refractivity contribution in [1.29, 1.82) is 0 Å². The molecule has 0 aliphatic rings. The van der Waals surface area contributed by atoms with Crippen LogP contribution in [0.4, 0.5) is 5.69 Å². The van der Waals surface area contributed by atoms with Gasteiger partial charge in [0, 0.05) is 10.7 Å². The van der Waals surface area contributed by atoms with Gasteiger partial charge in [0.2, 0.25) is 10.0 Å². The Morgan fingerprint density at radius 2 is 2.16 bits per heavy atom.